The number of amides is 1. The maximum Gasteiger partial charge on any atom is 0.234 e. The topological polar surface area (TPSA) is 95.1 Å². The second-order valence-corrected chi connectivity index (χ2v) is 6.74. The number of nitrogen functional groups attached to an aromatic ring is 1. The van der Waals surface area contributed by atoms with Crippen LogP contribution in [0, 0.1) is 0 Å². The summed E-state index contributed by atoms with van der Waals surface area (Å²) in [6, 6.07) is 15.2. The van der Waals surface area contributed by atoms with Crippen LogP contribution in [0.2, 0.25) is 0 Å². The SMILES string of the molecule is CCc1cccc(NC(=O)CSc2nnc(-c3ccc(OC)cc3)n2N)c1. The first kappa shape index (κ1) is 18.8. The summed E-state index contributed by atoms with van der Waals surface area (Å²) >= 11 is 1.24. The Bertz CT molecular complexity index is 924. The third-order valence-electron chi connectivity index (χ3n) is 3.96. The number of nitrogens with zero attached hydrogens (tertiary/aromatic N) is 3. The van der Waals surface area contributed by atoms with Gasteiger partial charge < -0.3 is 15.9 Å². The monoisotopic (exact) mass is 383 g/mol. The molecule has 2 aromatic carbocycles. The van der Waals surface area contributed by atoms with Gasteiger partial charge in [-0.25, -0.2) is 4.68 Å². The van der Waals surface area contributed by atoms with Gasteiger partial charge in [-0.3, -0.25) is 4.79 Å². The maximum atomic E-state index is 12.2. The lowest BCUT2D eigenvalue weighted by Gasteiger charge is -2.07. The molecule has 0 aliphatic heterocycles. The van der Waals surface area contributed by atoms with Crippen molar-refractivity contribution >= 4 is 23.4 Å². The zero-order chi connectivity index (χ0) is 19.2. The second kappa shape index (κ2) is 8.59. The molecule has 1 aromatic heterocycles. The van der Waals surface area contributed by atoms with E-state index in [-0.39, 0.29) is 11.7 Å². The van der Waals surface area contributed by atoms with E-state index < -0.39 is 0 Å². The van der Waals surface area contributed by atoms with Gasteiger partial charge in [0.1, 0.15) is 5.75 Å². The predicted octanol–water partition coefficient (Wildman–Crippen LogP) is 2.96. The number of aromatic nitrogens is 3. The van der Waals surface area contributed by atoms with E-state index in [0.717, 1.165) is 23.4 Å². The van der Waals surface area contributed by atoms with Crippen molar-refractivity contribution in [1.82, 2.24) is 14.9 Å². The molecule has 3 rings (SSSR count). The van der Waals surface area contributed by atoms with Crippen LogP contribution >= 0.6 is 11.8 Å². The lowest BCUT2D eigenvalue weighted by Crippen LogP contribution is -2.16. The number of nitrogens with one attached hydrogen (secondary N) is 1. The Morgan fingerprint density at radius 1 is 1.22 bits per heavy atom. The molecule has 3 N–H and O–H groups in total. The van der Waals surface area contributed by atoms with Gasteiger partial charge in [0.2, 0.25) is 11.1 Å². The Morgan fingerprint density at radius 3 is 2.70 bits per heavy atom. The van der Waals surface area contributed by atoms with Crippen molar-refractivity contribution in [3.8, 4) is 17.1 Å². The molecular weight excluding hydrogens is 362 g/mol. The zero-order valence-electron chi connectivity index (χ0n) is 15.2. The first-order valence-electron chi connectivity index (χ1n) is 8.47. The number of ether oxygens (including phenoxy) is 1. The first-order valence-corrected chi connectivity index (χ1v) is 9.45. The first-order chi connectivity index (χ1) is 13.1. The minimum Gasteiger partial charge on any atom is -0.497 e. The lowest BCUT2D eigenvalue weighted by atomic mass is 10.1. The maximum absolute atomic E-state index is 12.2. The number of anilines is 1. The summed E-state index contributed by atoms with van der Waals surface area (Å²) < 4.78 is 6.53. The van der Waals surface area contributed by atoms with E-state index in [9.17, 15) is 4.79 Å². The van der Waals surface area contributed by atoms with Crippen molar-refractivity contribution in [3.63, 3.8) is 0 Å². The number of carbonyl (C=O) groups excluding carboxylic acids is 1. The molecule has 0 unspecified atom stereocenters. The summed E-state index contributed by atoms with van der Waals surface area (Å²) in [4.78, 5) is 12.2. The lowest BCUT2D eigenvalue weighted by molar-refractivity contribution is -0.113. The third kappa shape index (κ3) is 4.59. The molecule has 0 aliphatic rings. The Kier molecular flexibility index (Phi) is 5.97. The van der Waals surface area contributed by atoms with Crippen LogP contribution in [0.3, 0.4) is 0 Å². The van der Waals surface area contributed by atoms with Gasteiger partial charge in [0.25, 0.3) is 0 Å². The van der Waals surface area contributed by atoms with Crippen LogP contribution in [0.25, 0.3) is 11.4 Å². The number of nitrogens with two attached hydrogens (primary N) is 1. The zero-order valence-corrected chi connectivity index (χ0v) is 16.0. The quantitative estimate of drug-likeness (QED) is 0.481. The van der Waals surface area contributed by atoms with Crippen LogP contribution in [-0.2, 0) is 11.2 Å². The average Bonchev–Trinajstić information content (AvgIpc) is 3.07. The molecule has 0 fully saturated rings. The molecule has 0 aliphatic carbocycles. The molecule has 7 nitrogen and oxygen atoms in total. The highest BCUT2D eigenvalue weighted by Gasteiger charge is 2.14. The minimum atomic E-state index is -0.123. The third-order valence-corrected chi connectivity index (χ3v) is 4.91. The molecule has 0 saturated carbocycles. The summed E-state index contributed by atoms with van der Waals surface area (Å²) in [5.41, 5.74) is 2.78. The summed E-state index contributed by atoms with van der Waals surface area (Å²) in [6.45, 7) is 2.07. The van der Waals surface area contributed by atoms with E-state index >= 15 is 0 Å². The number of benzene rings is 2. The fraction of sp³-hybridized carbons (Fsp3) is 0.211. The van der Waals surface area contributed by atoms with Gasteiger partial charge in [-0.1, -0.05) is 30.8 Å². The molecule has 27 heavy (non-hydrogen) atoms. The predicted molar refractivity (Wildman–Crippen MR) is 107 cm³/mol. The largest absolute Gasteiger partial charge is 0.497 e. The normalized spacial score (nSPS) is 10.6. The van der Waals surface area contributed by atoms with Crippen molar-refractivity contribution in [3.05, 3.63) is 54.1 Å². The van der Waals surface area contributed by atoms with Crippen molar-refractivity contribution in [1.29, 1.82) is 0 Å². The smallest absolute Gasteiger partial charge is 0.234 e. The van der Waals surface area contributed by atoms with Gasteiger partial charge in [-0.05, 0) is 48.4 Å². The van der Waals surface area contributed by atoms with Crippen molar-refractivity contribution < 1.29 is 9.53 Å². The molecule has 8 heteroatoms. The van der Waals surface area contributed by atoms with Gasteiger partial charge in [-0.15, -0.1) is 10.2 Å². The number of aryl methyl sites for hydroxylation is 1. The summed E-state index contributed by atoms with van der Waals surface area (Å²) in [5.74, 6) is 7.43. The summed E-state index contributed by atoms with van der Waals surface area (Å²) in [6.07, 6.45) is 0.920. The van der Waals surface area contributed by atoms with Crippen molar-refractivity contribution in [2.24, 2.45) is 0 Å². The van der Waals surface area contributed by atoms with E-state index in [1.54, 1.807) is 7.11 Å². The number of hydrogen-bond donors (Lipinski definition) is 2. The highest BCUT2D eigenvalue weighted by Crippen LogP contribution is 2.23. The summed E-state index contributed by atoms with van der Waals surface area (Å²) in [7, 11) is 1.61. The molecule has 0 spiro atoms. The van der Waals surface area contributed by atoms with Gasteiger partial charge in [-0.2, -0.15) is 0 Å². The Labute approximate surface area is 161 Å². The summed E-state index contributed by atoms with van der Waals surface area (Å²) in [5, 5.41) is 11.6. The van der Waals surface area contributed by atoms with Crippen LogP contribution < -0.4 is 15.9 Å². The van der Waals surface area contributed by atoms with E-state index in [1.807, 2.05) is 48.5 Å². The number of methoxy groups -OCH3 is 1. The van der Waals surface area contributed by atoms with Crippen LogP contribution in [0.1, 0.15) is 12.5 Å². The highest BCUT2D eigenvalue weighted by molar-refractivity contribution is 7.99. The molecule has 3 aromatic rings. The van der Waals surface area contributed by atoms with Gasteiger partial charge in [0, 0.05) is 11.3 Å². The molecule has 0 saturated heterocycles. The number of rotatable bonds is 7. The van der Waals surface area contributed by atoms with Crippen molar-refractivity contribution in [2.75, 3.05) is 24.0 Å². The van der Waals surface area contributed by atoms with E-state index in [1.165, 1.54) is 22.0 Å². The van der Waals surface area contributed by atoms with Crippen molar-refractivity contribution in [2.45, 2.75) is 18.5 Å². The second-order valence-electron chi connectivity index (χ2n) is 5.80. The van der Waals surface area contributed by atoms with E-state index in [4.69, 9.17) is 10.6 Å². The molecule has 1 heterocycles. The number of thioether (sulfide) groups is 1. The molecule has 1 amide bonds. The van der Waals surface area contributed by atoms with Gasteiger partial charge in [0.05, 0.1) is 12.9 Å². The highest BCUT2D eigenvalue weighted by atomic mass is 32.2. The van der Waals surface area contributed by atoms with E-state index in [2.05, 4.69) is 22.4 Å². The average molecular weight is 383 g/mol. The van der Waals surface area contributed by atoms with Crippen LogP contribution in [0.15, 0.2) is 53.7 Å². The Hall–Kier alpha value is -3.00. The fourth-order valence-electron chi connectivity index (χ4n) is 2.51. The molecule has 140 valence electrons. The number of hydrogen-bond acceptors (Lipinski definition) is 6. The fourth-order valence-corrected chi connectivity index (χ4v) is 3.17. The molecular formula is C19H21N5O2S. The van der Waals surface area contributed by atoms with Gasteiger partial charge in [0.15, 0.2) is 5.82 Å². The molecule has 0 radical (unpaired) electrons. The van der Waals surface area contributed by atoms with Crippen LogP contribution in [0.5, 0.6) is 5.75 Å². The Balaban J connectivity index is 1.62. The molecule has 0 atom stereocenters. The molecule has 0 bridgehead atoms. The van der Waals surface area contributed by atoms with E-state index in [0.29, 0.717) is 11.0 Å². The van der Waals surface area contributed by atoms with Gasteiger partial charge >= 0.3 is 0 Å². The number of carbonyl (C=O) groups is 1. The minimum absolute atomic E-state index is 0.123. The van der Waals surface area contributed by atoms with Crippen LogP contribution in [0.4, 0.5) is 5.69 Å². The van der Waals surface area contributed by atoms with Crippen LogP contribution in [-0.4, -0.2) is 33.6 Å². The standard InChI is InChI=1S/C19H21N5O2S/c1-3-13-5-4-6-15(11-13)21-17(25)12-27-19-23-22-18(24(19)20)14-7-9-16(26-2)10-8-14/h4-11H,3,12,20H2,1-2H3,(H,21,25). The Morgan fingerprint density at radius 2 is 2.00 bits per heavy atom.